The standard InChI is InChI=1S/C14H23N3O2/c1-18-9-10-19-8-4-7-15-14-12-5-2-3-6-13(12)16-11-17-14/h11H,2-10H2,1H3,(H,15,16,17). The molecule has 1 aliphatic carbocycles. The maximum absolute atomic E-state index is 5.43. The molecule has 1 aromatic heterocycles. The van der Waals surface area contributed by atoms with Gasteiger partial charge < -0.3 is 14.8 Å². The van der Waals surface area contributed by atoms with E-state index in [2.05, 4.69) is 15.3 Å². The highest BCUT2D eigenvalue weighted by atomic mass is 16.5. The number of hydrogen-bond donors (Lipinski definition) is 1. The van der Waals surface area contributed by atoms with Gasteiger partial charge in [0.05, 0.1) is 13.2 Å². The number of hydrogen-bond acceptors (Lipinski definition) is 5. The van der Waals surface area contributed by atoms with Crippen LogP contribution in [0.4, 0.5) is 5.82 Å². The molecule has 1 aliphatic rings. The fraction of sp³-hybridized carbons (Fsp3) is 0.714. The second-order valence-corrected chi connectivity index (χ2v) is 4.74. The molecule has 0 aliphatic heterocycles. The summed E-state index contributed by atoms with van der Waals surface area (Å²) in [5, 5.41) is 3.40. The lowest BCUT2D eigenvalue weighted by Crippen LogP contribution is -2.14. The first-order chi connectivity index (χ1) is 9.42. The van der Waals surface area contributed by atoms with Crippen LogP contribution in [0.3, 0.4) is 0 Å². The molecule has 0 spiro atoms. The highest BCUT2D eigenvalue weighted by molar-refractivity contribution is 5.46. The first-order valence-corrected chi connectivity index (χ1v) is 7.05. The Kier molecular flexibility index (Phi) is 6.04. The summed E-state index contributed by atoms with van der Waals surface area (Å²) in [5.74, 6) is 1.02. The number of methoxy groups -OCH3 is 1. The third-order valence-corrected chi connectivity index (χ3v) is 3.31. The second-order valence-electron chi connectivity index (χ2n) is 4.74. The molecule has 1 heterocycles. The number of fused-ring (bicyclic) bond motifs is 1. The number of aryl methyl sites for hydroxylation is 1. The Hall–Kier alpha value is -1.20. The van der Waals surface area contributed by atoms with Crippen LogP contribution in [-0.4, -0.2) is 43.4 Å². The molecule has 0 atom stereocenters. The Bertz CT molecular complexity index is 385. The zero-order valence-corrected chi connectivity index (χ0v) is 11.7. The van der Waals surface area contributed by atoms with Crippen LogP contribution in [0.1, 0.15) is 30.5 Å². The van der Waals surface area contributed by atoms with Gasteiger partial charge in [0.2, 0.25) is 0 Å². The van der Waals surface area contributed by atoms with Gasteiger partial charge in [-0.05, 0) is 32.1 Å². The Labute approximate surface area is 114 Å². The molecule has 0 radical (unpaired) electrons. The quantitative estimate of drug-likeness (QED) is 0.727. The topological polar surface area (TPSA) is 56.3 Å². The smallest absolute Gasteiger partial charge is 0.132 e. The van der Waals surface area contributed by atoms with Gasteiger partial charge in [0.1, 0.15) is 12.1 Å². The Balaban J connectivity index is 1.71. The maximum Gasteiger partial charge on any atom is 0.132 e. The lowest BCUT2D eigenvalue weighted by Gasteiger charge is -2.17. The first-order valence-electron chi connectivity index (χ1n) is 7.05. The van der Waals surface area contributed by atoms with E-state index >= 15 is 0 Å². The minimum atomic E-state index is 0.660. The molecule has 0 aromatic carbocycles. The third kappa shape index (κ3) is 4.44. The summed E-state index contributed by atoms with van der Waals surface area (Å²) in [6.07, 6.45) is 7.32. The van der Waals surface area contributed by atoms with E-state index in [4.69, 9.17) is 9.47 Å². The predicted molar refractivity (Wildman–Crippen MR) is 74.5 cm³/mol. The zero-order valence-electron chi connectivity index (χ0n) is 11.7. The van der Waals surface area contributed by atoms with Crippen LogP contribution < -0.4 is 5.32 Å². The number of nitrogens with zero attached hydrogens (tertiary/aromatic N) is 2. The molecule has 0 amide bonds. The average molecular weight is 265 g/mol. The number of nitrogens with one attached hydrogen (secondary N) is 1. The summed E-state index contributed by atoms with van der Waals surface area (Å²) in [6.45, 7) is 2.96. The summed E-state index contributed by atoms with van der Waals surface area (Å²) in [4.78, 5) is 8.72. The van der Waals surface area contributed by atoms with E-state index in [-0.39, 0.29) is 0 Å². The van der Waals surface area contributed by atoms with Gasteiger partial charge in [-0.15, -0.1) is 0 Å². The SMILES string of the molecule is COCCOCCCNc1ncnc2c1CCCC2. The Morgan fingerprint density at radius 3 is 2.95 bits per heavy atom. The van der Waals surface area contributed by atoms with Crippen LogP contribution in [0, 0.1) is 0 Å². The van der Waals surface area contributed by atoms with Gasteiger partial charge in [-0.1, -0.05) is 0 Å². The van der Waals surface area contributed by atoms with Crippen LogP contribution in [0.2, 0.25) is 0 Å². The fourth-order valence-corrected chi connectivity index (χ4v) is 2.30. The molecule has 1 N–H and O–H groups in total. The predicted octanol–water partition coefficient (Wildman–Crippen LogP) is 1.82. The highest BCUT2D eigenvalue weighted by Crippen LogP contribution is 2.24. The summed E-state index contributed by atoms with van der Waals surface area (Å²) in [6, 6.07) is 0. The van der Waals surface area contributed by atoms with Gasteiger partial charge in [0.25, 0.3) is 0 Å². The number of anilines is 1. The van der Waals surface area contributed by atoms with Crippen molar-refractivity contribution in [2.45, 2.75) is 32.1 Å². The number of ether oxygens (including phenoxy) is 2. The van der Waals surface area contributed by atoms with Crippen molar-refractivity contribution in [1.82, 2.24) is 9.97 Å². The van der Waals surface area contributed by atoms with Gasteiger partial charge in [-0.3, -0.25) is 0 Å². The zero-order chi connectivity index (χ0) is 13.3. The van der Waals surface area contributed by atoms with Crippen LogP contribution >= 0.6 is 0 Å². The van der Waals surface area contributed by atoms with E-state index in [1.54, 1.807) is 13.4 Å². The van der Waals surface area contributed by atoms with Crippen LogP contribution in [0.25, 0.3) is 0 Å². The molecule has 0 saturated heterocycles. The van der Waals surface area contributed by atoms with Crippen molar-refractivity contribution in [3.63, 3.8) is 0 Å². The maximum atomic E-state index is 5.43. The summed E-state index contributed by atoms with van der Waals surface area (Å²) >= 11 is 0. The monoisotopic (exact) mass is 265 g/mol. The van der Waals surface area contributed by atoms with E-state index in [0.717, 1.165) is 38.2 Å². The molecule has 19 heavy (non-hydrogen) atoms. The van der Waals surface area contributed by atoms with Crippen molar-refractivity contribution >= 4 is 5.82 Å². The van der Waals surface area contributed by atoms with E-state index in [1.165, 1.54) is 24.1 Å². The number of rotatable bonds is 8. The lowest BCUT2D eigenvalue weighted by molar-refractivity contribution is 0.0705. The van der Waals surface area contributed by atoms with Crippen molar-refractivity contribution in [1.29, 1.82) is 0 Å². The van der Waals surface area contributed by atoms with Crippen molar-refractivity contribution in [2.75, 3.05) is 38.8 Å². The number of aromatic nitrogens is 2. The van der Waals surface area contributed by atoms with Crippen molar-refractivity contribution < 1.29 is 9.47 Å². The van der Waals surface area contributed by atoms with Gasteiger partial charge in [0.15, 0.2) is 0 Å². The van der Waals surface area contributed by atoms with E-state index in [1.807, 2.05) is 0 Å². The molecule has 0 fully saturated rings. The molecule has 106 valence electrons. The molecule has 0 saturated carbocycles. The summed E-state index contributed by atoms with van der Waals surface area (Å²) in [5.41, 5.74) is 2.54. The van der Waals surface area contributed by atoms with Crippen LogP contribution in [-0.2, 0) is 22.3 Å². The molecule has 0 bridgehead atoms. The second kappa shape index (κ2) is 8.07. The van der Waals surface area contributed by atoms with Crippen molar-refractivity contribution in [3.05, 3.63) is 17.6 Å². The molecule has 2 rings (SSSR count). The van der Waals surface area contributed by atoms with Crippen LogP contribution in [0.15, 0.2) is 6.33 Å². The largest absolute Gasteiger partial charge is 0.382 e. The van der Waals surface area contributed by atoms with Gasteiger partial charge in [0, 0.05) is 31.5 Å². The molecular formula is C14H23N3O2. The summed E-state index contributed by atoms with van der Waals surface area (Å²) < 4.78 is 10.3. The van der Waals surface area contributed by atoms with E-state index in [9.17, 15) is 0 Å². The van der Waals surface area contributed by atoms with Gasteiger partial charge >= 0.3 is 0 Å². The minimum Gasteiger partial charge on any atom is -0.382 e. The van der Waals surface area contributed by atoms with Crippen molar-refractivity contribution in [3.8, 4) is 0 Å². The molecule has 0 unspecified atom stereocenters. The molecule has 1 aromatic rings. The van der Waals surface area contributed by atoms with Crippen LogP contribution in [0.5, 0.6) is 0 Å². The van der Waals surface area contributed by atoms with E-state index in [0.29, 0.717) is 13.2 Å². The fourth-order valence-electron chi connectivity index (χ4n) is 2.30. The Morgan fingerprint density at radius 1 is 1.16 bits per heavy atom. The first kappa shape index (κ1) is 14.2. The van der Waals surface area contributed by atoms with Crippen molar-refractivity contribution in [2.24, 2.45) is 0 Å². The summed E-state index contributed by atoms with van der Waals surface area (Å²) in [7, 11) is 1.68. The van der Waals surface area contributed by atoms with E-state index < -0.39 is 0 Å². The molecular weight excluding hydrogens is 242 g/mol. The molecule has 5 nitrogen and oxygen atoms in total. The average Bonchev–Trinajstić information content (AvgIpc) is 2.46. The Morgan fingerprint density at radius 2 is 2.05 bits per heavy atom. The van der Waals surface area contributed by atoms with Gasteiger partial charge in [-0.2, -0.15) is 0 Å². The van der Waals surface area contributed by atoms with Gasteiger partial charge in [-0.25, -0.2) is 9.97 Å². The minimum absolute atomic E-state index is 0.660. The highest BCUT2D eigenvalue weighted by Gasteiger charge is 2.14. The normalized spacial score (nSPS) is 14.2. The third-order valence-electron chi connectivity index (χ3n) is 3.31. The molecule has 5 heteroatoms. The lowest BCUT2D eigenvalue weighted by atomic mass is 9.96.